The van der Waals surface area contributed by atoms with Crippen molar-refractivity contribution in [1.29, 1.82) is 0 Å². The van der Waals surface area contributed by atoms with E-state index in [1.54, 1.807) is 0 Å². The molecule has 1 saturated heterocycles. The van der Waals surface area contributed by atoms with Gasteiger partial charge in [0.25, 0.3) is 5.91 Å². The highest BCUT2D eigenvalue weighted by Gasteiger charge is 2.21. The predicted octanol–water partition coefficient (Wildman–Crippen LogP) is 3.74. The van der Waals surface area contributed by atoms with Crippen molar-refractivity contribution in [3.63, 3.8) is 0 Å². The van der Waals surface area contributed by atoms with Gasteiger partial charge in [-0.3, -0.25) is 9.69 Å². The van der Waals surface area contributed by atoms with E-state index in [9.17, 15) is 4.79 Å². The van der Waals surface area contributed by atoms with Gasteiger partial charge in [0.15, 0.2) is 0 Å². The lowest BCUT2D eigenvalue weighted by Gasteiger charge is -2.21. The minimum absolute atomic E-state index is 0.108. The van der Waals surface area contributed by atoms with Crippen molar-refractivity contribution in [2.45, 2.75) is 33.7 Å². The van der Waals surface area contributed by atoms with Crippen molar-refractivity contribution in [2.24, 2.45) is 0 Å². The van der Waals surface area contributed by atoms with Crippen LogP contribution < -0.4 is 0 Å². The zero-order chi connectivity index (χ0) is 20.4. The third-order valence-corrected chi connectivity index (χ3v) is 5.58. The summed E-state index contributed by atoms with van der Waals surface area (Å²) < 4.78 is 7.36. The summed E-state index contributed by atoms with van der Waals surface area (Å²) >= 11 is 0. The van der Waals surface area contributed by atoms with Crippen LogP contribution in [0.3, 0.4) is 0 Å². The second kappa shape index (κ2) is 8.25. The van der Waals surface area contributed by atoms with E-state index in [1.807, 2.05) is 42.2 Å². The maximum absolute atomic E-state index is 13.0. The summed E-state index contributed by atoms with van der Waals surface area (Å²) in [6, 6.07) is 14.1. The molecule has 1 aliphatic rings. The van der Waals surface area contributed by atoms with E-state index in [-0.39, 0.29) is 5.91 Å². The van der Waals surface area contributed by atoms with Crippen molar-refractivity contribution < 1.29 is 9.32 Å². The SMILES string of the molecule is Cc1cc(CN2CCCN(C(=O)c3ccc(-n4c(C)ccc4C)cc3)CC2)no1. The summed E-state index contributed by atoms with van der Waals surface area (Å²) in [6.07, 6.45) is 0.961. The third-order valence-electron chi connectivity index (χ3n) is 5.58. The molecular formula is C23H28N4O2. The lowest BCUT2D eigenvalue weighted by atomic mass is 10.1. The van der Waals surface area contributed by atoms with Gasteiger partial charge in [0.1, 0.15) is 5.76 Å². The number of hydrogen-bond acceptors (Lipinski definition) is 4. The van der Waals surface area contributed by atoms with Gasteiger partial charge >= 0.3 is 0 Å². The van der Waals surface area contributed by atoms with E-state index in [1.165, 1.54) is 11.4 Å². The van der Waals surface area contributed by atoms with Crippen LogP contribution in [0.15, 0.2) is 47.0 Å². The van der Waals surface area contributed by atoms with Crippen LogP contribution in [-0.2, 0) is 6.54 Å². The van der Waals surface area contributed by atoms with Gasteiger partial charge in [-0.15, -0.1) is 0 Å². The fraction of sp³-hybridized carbons (Fsp3) is 0.391. The largest absolute Gasteiger partial charge is 0.361 e. The summed E-state index contributed by atoms with van der Waals surface area (Å²) in [5, 5.41) is 4.08. The minimum atomic E-state index is 0.108. The molecule has 1 fully saturated rings. The monoisotopic (exact) mass is 392 g/mol. The smallest absolute Gasteiger partial charge is 0.253 e. The average molecular weight is 393 g/mol. The van der Waals surface area contributed by atoms with Gasteiger partial charge in [0, 0.05) is 61.4 Å². The van der Waals surface area contributed by atoms with Crippen molar-refractivity contribution in [1.82, 2.24) is 19.5 Å². The van der Waals surface area contributed by atoms with Crippen molar-refractivity contribution >= 4 is 5.91 Å². The topological polar surface area (TPSA) is 54.5 Å². The zero-order valence-electron chi connectivity index (χ0n) is 17.4. The molecule has 0 aliphatic carbocycles. The Hall–Kier alpha value is -2.86. The Morgan fingerprint density at radius 3 is 2.34 bits per heavy atom. The van der Waals surface area contributed by atoms with Crippen LogP contribution in [0.5, 0.6) is 0 Å². The molecule has 3 heterocycles. The number of aryl methyl sites for hydroxylation is 3. The second-order valence-corrected chi connectivity index (χ2v) is 7.85. The van der Waals surface area contributed by atoms with Crippen LogP contribution in [0.25, 0.3) is 5.69 Å². The molecule has 1 aliphatic heterocycles. The van der Waals surface area contributed by atoms with Crippen LogP contribution in [0.2, 0.25) is 0 Å². The molecule has 0 saturated carbocycles. The first-order valence-corrected chi connectivity index (χ1v) is 10.2. The molecule has 1 amide bonds. The first-order valence-electron chi connectivity index (χ1n) is 10.2. The molecule has 0 N–H and O–H groups in total. The quantitative estimate of drug-likeness (QED) is 0.679. The Balaban J connectivity index is 1.40. The number of rotatable bonds is 4. The highest BCUT2D eigenvalue weighted by molar-refractivity contribution is 5.94. The van der Waals surface area contributed by atoms with Gasteiger partial charge in [-0.25, -0.2) is 0 Å². The van der Waals surface area contributed by atoms with Gasteiger partial charge in [-0.05, 0) is 63.6 Å². The Bertz CT molecular complexity index is 967. The van der Waals surface area contributed by atoms with Crippen LogP contribution >= 0.6 is 0 Å². The summed E-state index contributed by atoms with van der Waals surface area (Å²) in [5.74, 6) is 0.942. The van der Waals surface area contributed by atoms with Crippen LogP contribution in [0, 0.1) is 20.8 Å². The molecule has 4 rings (SSSR count). The van der Waals surface area contributed by atoms with Crippen molar-refractivity contribution in [3.05, 3.63) is 70.9 Å². The van der Waals surface area contributed by atoms with Crippen LogP contribution in [0.4, 0.5) is 0 Å². The highest BCUT2D eigenvalue weighted by Crippen LogP contribution is 2.18. The number of aromatic nitrogens is 2. The summed E-state index contributed by atoms with van der Waals surface area (Å²) in [6.45, 7) is 10.2. The van der Waals surface area contributed by atoms with E-state index in [0.717, 1.165) is 61.8 Å². The number of carbonyl (C=O) groups is 1. The van der Waals surface area contributed by atoms with E-state index in [0.29, 0.717) is 0 Å². The van der Waals surface area contributed by atoms with Crippen molar-refractivity contribution in [2.75, 3.05) is 26.2 Å². The zero-order valence-corrected chi connectivity index (χ0v) is 17.4. The number of benzene rings is 1. The summed E-state index contributed by atoms with van der Waals surface area (Å²) in [7, 11) is 0. The fourth-order valence-corrected chi connectivity index (χ4v) is 4.07. The maximum Gasteiger partial charge on any atom is 0.253 e. The molecule has 0 spiro atoms. The molecule has 2 aromatic heterocycles. The molecule has 0 radical (unpaired) electrons. The fourth-order valence-electron chi connectivity index (χ4n) is 4.07. The molecular weight excluding hydrogens is 364 g/mol. The summed E-state index contributed by atoms with van der Waals surface area (Å²) in [5.41, 5.74) is 5.17. The Morgan fingerprint density at radius 2 is 1.69 bits per heavy atom. The molecule has 29 heavy (non-hydrogen) atoms. The second-order valence-electron chi connectivity index (χ2n) is 7.85. The number of nitrogens with zero attached hydrogens (tertiary/aromatic N) is 4. The minimum Gasteiger partial charge on any atom is -0.361 e. The van der Waals surface area contributed by atoms with Crippen molar-refractivity contribution in [3.8, 4) is 5.69 Å². The normalized spacial score (nSPS) is 15.5. The van der Waals surface area contributed by atoms with E-state index in [2.05, 4.69) is 40.6 Å². The van der Waals surface area contributed by atoms with E-state index in [4.69, 9.17) is 4.52 Å². The number of amides is 1. The molecule has 6 heteroatoms. The van der Waals surface area contributed by atoms with Gasteiger partial charge in [0.2, 0.25) is 0 Å². The Kier molecular flexibility index (Phi) is 5.53. The lowest BCUT2D eigenvalue weighted by molar-refractivity contribution is 0.0761. The first kappa shape index (κ1) is 19.5. The molecule has 6 nitrogen and oxygen atoms in total. The molecule has 1 aromatic carbocycles. The molecule has 0 unspecified atom stereocenters. The standard InChI is InChI=1S/C23H28N4O2/c1-17-5-6-18(2)27(17)22-9-7-20(8-10-22)23(28)26-12-4-11-25(13-14-26)16-21-15-19(3)29-24-21/h5-10,15H,4,11-14,16H2,1-3H3. The summed E-state index contributed by atoms with van der Waals surface area (Å²) in [4.78, 5) is 17.3. The number of carbonyl (C=O) groups excluding carboxylic acids is 1. The molecule has 152 valence electrons. The Morgan fingerprint density at radius 1 is 0.966 bits per heavy atom. The van der Waals surface area contributed by atoms with Crippen LogP contribution in [-0.4, -0.2) is 51.6 Å². The molecule has 0 atom stereocenters. The molecule has 3 aromatic rings. The van der Waals surface area contributed by atoms with E-state index >= 15 is 0 Å². The van der Waals surface area contributed by atoms with Gasteiger partial charge < -0.3 is 14.0 Å². The third kappa shape index (κ3) is 4.27. The maximum atomic E-state index is 13.0. The van der Waals surface area contributed by atoms with E-state index < -0.39 is 0 Å². The number of hydrogen-bond donors (Lipinski definition) is 0. The molecule has 0 bridgehead atoms. The van der Waals surface area contributed by atoms with Gasteiger partial charge in [0.05, 0.1) is 5.69 Å². The lowest BCUT2D eigenvalue weighted by Crippen LogP contribution is -2.35. The highest BCUT2D eigenvalue weighted by atomic mass is 16.5. The van der Waals surface area contributed by atoms with Gasteiger partial charge in [-0.1, -0.05) is 5.16 Å². The Labute approximate surface area is 171 Å². The first-order chi connectivity index (χ1) is 14.0. The predicted molar refractivity (Wildman–Crippen MR) is 112 cm³/mol. The van der Waals surface area contributed by atoms with Gasteiger partial charge in [-0.2, -0.15) is 0 Å². The van der Waals surface area contributed by atoms with Crippen LogP contribution in [0.1, 0.15) is 39.6 Å². The average Bonchev–Trinajstić information content (AvgIpc) is 3.18.